The van der Waals surface area contributed by atoms with Crippen LogP contribution < -0.4 is 10.0 Å². The van der Waals surface area contributed by atoms with Crippen LogP contribution >= 0.6 is 0 Å². The maximum absolute atomic E-state index is 13.1. The summed E-state index contributed by atoms with van der Waals surface area (Å²) in [5.74, 6) is -0.401. The number of sulfonamides is 1. The van der Waals surface area contributed by atoms with E-state index < -0.39 is 15.8 Å². The van der Waals surface area contributed by atoms with Gasteiger partial charge in [-0.05, 0) is 31.7 Å². The second-order valence-electron chi connectivity index (χ2n) is 4.61. The fourth-order valence-corrected chi connectivity index (χ4v) is 3.39. The first-order valence-corrected chi connectivity index (χ1v) is 7.85. The van der Waals surface area contributed by atoms with Crippen LogP contribution in [0.15, 0.2) is 29.2 Å². The van der Waals surface area contributed by atoms with E-state index in [1.54, 1.807) is 20.0 Å². The fourth-order valence-electron chi connectivity index (χ4n) is 2.01. The average Bonchev–Trinajstić information content (AvgIpc) is 2.79. The van der Waals surface area contributed by atoms with Crippen molar-refractivity contribution in [1.82, 2.24) is 20.2 Å². The van der Waals surface area contributed by atoms with Gasteiger partial charge in [-0.2, -0.15) is 5.10 Å². The predicted octanol–water partition coefficient (Wildman–Crippen LogP) is 1.06. The molecule has 21 heavy (non-hydrogen) atoms. The third-order valence-electron chi connectivity index (χ3n) is 2.93. The van der Waals surface area contributed by atoms with Gasteiger partial charge in [0, 0.05) is 13.1 Å². The van der Waals surface area contributed by atoms with Gasteiger partial charge in [0.15, 0.2) is 0 Å². The van der Waals surface area contributed by atoms with E-state index in [0.29, 0.717) is 23.5 Å². The Kier molecular flexibility index (Phi) is 4.71. The molecular weight excluding hydrogens is 295 g/mol. The van der Waals surface area contributed by atoms with Crippen LogP contribution in [0.25, 0.3) is 0 Å². The molecule has 0 aliphatic heterocycles. The van der Waals surface area contributed by atoms with Crippen LogP contribution in [0.5, 0.6) is 0 Å². The summed E-state index contributed by atoms with van der Waals surface area (Å²) < 4.78 is 40.3. The molecule has 0 fully saturated rings. The summed E-state index contributed by atoms with van der Waals surface area (Å²) in [4.78, 5) is 0.133. The van der Waals surface area contributed by atoms with E-state index in [4.69, 9.17) is 0 Å². The minimum Gasteiger partial charge on any atom is -0.314 e. The van der Waals surface area contributed by atoms with Gasteiger partial charge < -0.3 is 5.32 Å². The van der Waals surface area contributed by atoms with Gasteiger partial charge in [0.05, 0.1) is 11.4 Å². The van der Waals surface area contributed by atoms with Crippen LogP contribution in [0.3, 0.4) is 0 Å². The van der Waals surface area contributed by atoms with Gasteiger partial charge >= 0.3 is 0 Å². The highest BCUT2D eigenvalue weighted by molar-refractivity contribution is 7.89. The van der Waals surface area contributed by atoms with Crippen LogP contribution in [0.2, 0.25) is 0 Å². The van der Waals surface area contributed by atoms with E-state index >= 15 is 0 Å². The molecule has 0 aliphatic carbocycles. The summed E-state index contributed by atoms with van der Waals surface area (Å²) in [6.07, 6.45) is 0. The molecule has 3 N–H and O–H groups in total. The summed E-state index contributed by atoms with van der Waals surface area (Å²) in [7, 11) is -2.01. The largest absolute Gasteiger partial charge is 0.314 e. The zero-order valence-electron chi connectivity index (χ0n) is 11.8. The van der Waals surface area contributed by atoms with Gasteiger partial charge in [-0.15, -0.1) is 0 Å². The van der Waals surface area contributed by atoms with Crippen molar-refractivity contribution in [3.8, 4) is 0 Å². The third-order valence-corrected chi connectivity index (χ3v) is 4.53. The van der Waals surface area contributed by atoms with Crippen molar-refractivity contribution in [2.45, 2.75) is 24.9 Å². The molecule has 0 radical (unpaired) electrons. The molecule has 0 bridgehead atoms. The van der Waals surface area contributed by atoms with Crippen molar-refractivity contribution in [3.05, 3.63) is 47.0 Å². The van der Waals surface area contributed by atoms with Gasteiger partial charge in [0.1, 0.15) is 10.7 Å². The maximum atomic E-state index is 13.1. The highest BCUT2D eigenvalue weighted by atomic mass is 32.2. The van der Waals surface area contributed by atoms with Crippen LogP contribution in [-0.4, -0.2) is 25.7 Å². The normalized spacial score (nSPS) is 11.8. The van der Waals surface area contributed by atoms with E-state index in [1.807, 2.05) is 0 Å². The van der Waals surface area contributed by atoms with E-state index in [1.165, 1.54) is 18.2 Å². The monoisotopic (exact) mass is 312 g/mol. The molecule has 1 aromatic heterocycles. The molecule has 0 unspecified atom stereocenters. The Hall–Kier alpha value is -1.77. The lowest BCUT2D eigenvalue weighted by atomic mass is 10.2. The van der Waals surface area contributed by atoms with Gasteiger partial charge in [0.25, 0.3) is 0 Å². The molecule has 6 nitrogen and oxygen atoms in total. The second-order valence-corrected chi connectivity index (χ2v) is 6.31. The van der Waals surface area contributed by atoms with Crippen molar-refractivity contribution in [3.63, 3.8) is 0 Å². The molecule has 0 amide bonds. The molecule has 2 rings (SSSR count). The topological polar surface area (TPSA) is 86.9 Å². The third kappa shape index (κ3) is 3.66. The number of hydrogen-bond acceptors (Lipinski definition) is 4. The van der Waals surface area contributed by atoms with Crippen LogP contribution in [0, 0.1) is 12.7 Å². The first kappa shape index (κ1) is 15.6. The average molecular weight is 312 g/mol. The van der Waals surface area contributed by atoms with Crippen molar-refractivity contribution >= 4 is 10.0 Å². The molecular formula is C13H17FN4O2S. The van der Waals surface area contributed by atoms with Crippen LogP contribution in [0.1, 0.15) is 17.0 Å². The smallest absolute Gasteiger partial charge is 0.244 e. The van der Waals surface area contributed by atoms with Crippen molar-refractivity contribution in [1.29, 1.82) is 0 Å². The molecule has 0 atom stereocenters. The Labute approximate surface area is 122 Å². The summed E-state index contributed by atoms with van der Waals surface area (Å²) in [5, 5.41) is 9.51. The molecule has 0 aliphatic rings. The Morgan fingerprint density at radius 1 is 1.33 bits per heavy atom. The lowest BCUT2D eigenvalue weighted by Gasteiger charge is -2.08. The minimum atomic E-state index is -3.72. The lowest BCUT2D eigenvalue weighted by Crippen LogP contribution is -2.25. The van der Waals surface area contributed by atoms with Crippen molar-refractivity contribution in [2.75, 3.05) is 7.05 Å². The van der Waals surface area contributed by atoms with Gasteiger partial charge in [0.2, 0.25) is 10.0 Å². The first-order valence-electron chi connectivity index (χ1n) is 6.36. The standard InChI is InChI=1S/C13H17FN4O2S/c1-9-13(12(8-15-2)18-17-9)21(19,20)16-7-10-4-3-5-11(14)6-10/h3-6,15-16H,7-8H2,1-2H3,(H,17,18). The van der Waals surface area contributed by atoms with Gasteiger partial charge in [-0.1, -0.05) is 12.1 Å². The van der Waals surface area contributed by atoms with E-state index in [2.05, 4.69) is 20.2 Å². The number of nitrogens with one attached hydrogen (secondary N) is 3. The quantitative estimate of drug-likeness (QED) is 0.744. The number of nitrogens with zero attached hydrogens (tertiary/aromatic N) is 1. The summed E-state index contributed by atoms with van der Waals surface area (Å²) in [5.41, 5.74) is 1.43. The number of aromatic amines is 1. The summed E-state index contributed by atoms with van der Waals surface area (Å²) in [6, 6.07) is 5.79. The molecule has 2 aromatic rings. The Morgan fingerprint density at radius 3 is 2.76 bits per heavy atom. The number of H-pyrrole nitrogens is 1. The fraction of sp³-hybridized carbons (Fsp3) is 0.308. The van der Waals surface area contributed by atoms with E-state index in [9.17, 15) is 12.8 Å². The number of hydrogen-bond donors (Lipinski definition) is 3. The lowest BCUT2D eigenvalue weighted by molar-refractivity contribution is 0.577. The van der Waals surface area contributed by atoms with E-state index in [0.717, 1.165) is 0 Å². The molecule has 8 heteroatoms. The summed E-state index contributed by atoms with van der Waals surface area (Å²) in [6.45, 7) is 1.99. The number of rotatable bonds is 6. The Bertz CT molecular complexity index is 728. The van der Waals surface area contributed by atoms with Crippen molar-refractivity contribution < 1.29 is 12.8 Å². The molecule has 0 spiro atoms. The first-order chi connectivity index (χ1) is 9.94. The second kappa shape index (κ2) is 6.33. The highest BCUT2D eigenvalue weighted by Crippen LogP contribution is 2.17. The number of benzene rings is 1. The van der Waals surface area contributed by atoms with Crippen LogP contribution in [-0.2, 0) is 23.1 Å². The molecule has 114 valence electrons. The predicted molar refractivity (Wildman–Crippen MR) is 76.5 cm³/mol. The molecule has 1 aromatic carbocycles. The SMILES string of the molecule is CNCc1n[nH]c(C)c1S(=O)(=O)NCc1cccc(F)c1. The zero-order valence-corrected chi connectivity index (χ0v) is 12.6. The number of halogens is 1. The number of aryl methyl sites for hydroxylation is 1. The molecule has 1 heterocycles. The minimum absolute atomic E-state index is 0.0176. The van der Waals surface area contributed by atoms with Gasteiger partial charge in [-0.25, -0.2) is 17.5 Å². The highest BCUT2D eigenvalue weighted by Gasteiger charge is 2.23. The van der Waals surface area contributed by atoms with Crippen molar-refractivity contribution in [2.24, 2.45) is 0 Å². The van der Waals surface area contributed by atoms with Gasteiger partial charge in [-0.3, -0.25) is 5.10 Å². The Morgan fingerprint density at radius 2 is 2.10 bits per heavy atom. The number of aromatic nitrogens is 2. The van der Waals surface area contributed by atoms with E-state index in [-0.39, 0.29) is 11.4 Å². The molecule has 0 saturated carbocycles. The zero-order chi connectivity index (χ0) is 15.5. The maximum Gasteiger partial charge on any atom is 0.244 e. The summed E-state index contributed by atoms with van der Waals surface area (Å²) >= 11 is 0. The Balaban J connectivity index is 2.21. The van der Waals surface area contributed by atoms with Crippen LogP contribution in [0.4, 0.5) is 4.39 Å². The molecule has 0 saturated heterocycles.